The summed E-state index contributed by atoms with van der Waals surface area (Å²) in [5.74, 6) is 0.890. The van der Waals surface area contributed by atoms with Crippen LogP contribution in [0, 0.1) is 0 Å². The van der Waals surface area contributed by atoms with Gasteiger partial charge in [0.15, 0.2) is 11.9 Å². The lowest BCUT2D eigenvalue weighted by molar-refractivity contribution is -0.154. The van der Waals surface area contributed by atoms with Gasteiger partial charge in [0.05, 0.1) is 4.47 Å². The van der Waals surface area contributed by atoms with Crippen molar-refractivity contribution >= 4 is 32.5 Å². The lowest BCUT2D eigenvalue weighted by Gasteiger charge is -2.35. The summed E-state index contributed by atoms with van der Waals surface area (Å²) in [6.07, 6.45) is 0.730. The third kappa shape index (κ3) is 2.83. The van der Waals surface area contributed by atoms with Crippen molar-refractivity contribution in [1.82, 2.24) is 0 Å². The number of fused-ring (bicyclic) bond motifs is 1. The van der Waals surface area contributed by atoms with Crippen LogP contribution in [0.5, 0.6) is 5.75 Å². The molecule has 21 heavy (non-hydrogen) atoms. The molecule has 1 aliphatic carbocycles. The molecular formula is C17H17BrO3. The molecule has 2 aromatic rings. The Kier molecular flexibility index (Phi) is 4.27. The lowest BCUT2D eigenvalue weighted by atomic mass is 9.90. The van der Waals surface area contributed by atoms with Gasteiger partial charge in [-0.05, 0) is 39.2 Å². The zero-order valence-corrected chi connectivity index (χ0v) is 13.4. The summed E-state index contributed by atoms with van der Waals surface area (Å²) in [4.78, 5) is 11.6. The van der Waals surface area contributed by atoms with Crippen LogP contribution >= 0.6 is 15.9 Å². The first kappa shape index (κ1) is 14.5. The summed E-state index contributed by atoms with van der Waals surface area (Å²) in [5, 5.41) is 2.26. The molecule has 2 atom stereocenters. The minimum absolute atomic E-state index is 0.130. The zero-order valence-electron chi connectivity index (χ0n) is 11.8. The number of Topliss-reactive ketones (excluding diaryl/α,β-unsaturated/α-hetero) is 1. The molecule has 4 heteroatoms. The topological polar surface area (TPSA) is 35.5 Å². The molecule has 1 aliphatic rings. The van der Waals surface area contributed by atoms with Crippen molar-refractivity contribution < 1.29 is 14.3 Å². The number of carbonyl (C=O) groups is 1. The van der Waals surface area contributed by atoms with E-state index in [0.29, 0.717) is 13.0 Å². The Bertz CT molecular complexity index is 668. The van der Waals surface area contributed by atoms with Gasteiger partial charge in [0.1, 0.15) is 11.9 Å². The first-order valence-electron chi connectivity index (χ1n) is 7.19. The maximum atomic E-state index is 11.6. The fourth-order valence-electron chi connectivity index (χ4n) is 2.48. The van der Waals surface area contributed by atoms with Gasteiger partial charge in [0.2, 0.25) is 0 Å². The monoisotopic (exact) mass is 348 g/mol. The minimum Gasteiger partial charge on any atom is -0.486 e. The predicted molar refractivity (Wildman–Crippen MR) is 85.7 cm³/mol. The molecule has 110 valence electrons. The highest BCUT2D eigenvalue weighted by atomic mass is 79.9. The van der Waals surface area contributed by atoms with Gasteiger partial charge in [-0.1, -0.05) is 37.3 Å². The maximum absolute atomic E-state index is 11.6. The molecule has 0 spiro atoms. The molecule has 2 unspecified atom stereocenters. The van der Waals surface area contributed by atoms with Gasteiger partial charge in [-0.25, -0.2) is 0 Å². The highest BCUT2D eigenvalue weighted by molar-refractivity contribution is 9.10. The fourth-order valence-corrected chi connectivity index (χ4v) is 3.07. The van der Waals surface area contributed by atoms with E-state index < -0.39 is 6.10 Å². The van der Waals surface area contributed by atoms with Crippen LogP contribution in [-0.4, -0.2) is 24.6 Å². The Morgan fingerprint density at radius 2 is 2.05 bits per heavy atom. The Morgan fingerprint density at radius 1 is 1.24 bits per heavy atom. The van der Waals surface area contributed by atoms with Gasteiger partial charge >= 0.3 is 0 Å². The lowest BCUT2D eigenvalue weighted by Crippen LogP contribution is -2.52. The SMILES string of the molecule is CCCOC1C(=O)CC1Oc1ccc2ccccc2c1Br. The number of hydrogen-bond donors (Lipinski definition) is 0. The number of benzene rings is 2. The average molecular weight is 349 g/mol. The first-order chi connectivity index (χ1) is 10.2. The van der Waals surface area contributed by atoms with Gasteiger partial charge in [-0.15, -0.1) is 0 Å². The van der Waals surface area contributed by atoms with Crippen molar-refractivity contribution in [2.45, 2.75) is 32.0 Å². The quantitative estimate of drug-likeness (QED) is 0.815. The molecule has 0 aromatic heterocycles. The van der Waals surface area contributed by atoms with Crippen LogP contribution in [-0.2, 0) is 9.53 Å². The summed E-state index contributed by atoms with van der Waals surface area (Å²) in [5.41, 5.74) is 0. The minimum atomic E-state index is -0.414. The van der Waals surface area contributed by atoms with E-state index in [0.717, 1.165) is 27.4 Å². The molecule has 0 heterocycles. The number of rotatable bonds is 5. The van der Waals surface area contributed by atoms with Crippen LogP contribution in [0.15, 0.2) is 40.9 Å². The molecule has 0 amide bonds. The molecule has 0 N–H and O–H groups in total. The van der Waals surface area contributed by atoms with E-state index in [2.05, 4.69) is 22.0 Å². The van der Waals surface area contributed by atoms with E-state index in [1.54, 1.807) is 0 Å². The molecule has 3 nitrogen and oxygen atoms in total. The van der Waals surface area contributed by atoms with Crippen LogP contribution in [0.2, 0.25) is 0 Å². The molecule has 3 rings (SSSR count). The van der Waals surface area contributed by atoms with E-state index in [-0.39, 0.29) is 11.9 Å². The van der Waals surface area contributed by atoms with Crippen molar-refractivity contribution in [2.24, 2.45) is 0 Å². The van der Waals surface area contributed by atoms with Crippen molar-refractivity contribution in [1.29, 1.82) is 0 Å². The third-order valence-corrected chi connectivity index (χ3v) is 4.48. The van der Waals surface area contributed by atoms with Gasteiger partial charge in [0, 0.05) is 13.0 Å². The van der Waals surface area contributed by atoms with E-state index in [4.69, 9.17) is 9.47 Å². The smallest absolute Gasteiger partial charge is 0.169 e. The van der Waals surface area contributed by atoms with Gasteiger partial charge < -0.3 is 9.47 Å². The standard InChI is InChI=1S/C17H17BrO3/c1-2-9-20-17-13(19)10-15(17)21-14-8-7-11-5-3-4-6-12(11)16(14)18/h3-8,15,17H,2,9-10H2,1H3. The largest absolute Gasteiger partial charge is 0.486 e. The molecule has 0 bridgehead atoms. The maximum Gasteiger partial charge on any atom is 0.169 e. The number of carbonyl (C=O) groups excluding carboxylic acids is 1. The van der Waals surface area contributed by atoms with Crippen LogP contribution in [0.3, 0.4) is 0 Å². The van der Waals surface area contributed by atoms with Crippen molar-refractivity contribution in [3.05, 3.63) is 40.9 Å². The molecular weight excluding hydrogens is 332 g/mol. The second kappa shape index (κ2) is 6.16. The number of halogens is 1. The summed E-state index contributed by atoms with van der Waals surface area (Å²) < 4.78 is 12.5. The average Bonchev–Trinajstić information content (AvgIpc) is 2.50. The summed E-state index contributed by atoms with van der Waals surface area (Å²) >= 11 is 3.60. The Balaban J connectivity index is 1.79. The molecule has 1 fully saturated rings. The molecule has 0 radical (unpaired) electrons. The van der Waals surface area contributed by atoms with Crippen molar-refractivity contribution in [3.8, 4) is 5.75 Å². The van der Waals surface area contributed by atoms with Crippen LogP contribution in [0.4, 0.5) is 0 Å². The highest BCUT2D eigenvalue weighted by Crippen LogP contribution is 2.36. The second-order valence-corrected chi connectivity index (χ2v) is 6.01. The summed E-state index contributed by atoms with van der Waals surface area (Å²) in [6.45, 7) is 2.62. The summed E-state index contributed by atoms with van der Waals surface area (Å²) in [6, 6.07) is 12.1. The number of ketones is 1. The molecule has 0 saturated heterocycles. The Hall–Kier alpha value is -1.39. The van der Waals surface area contributed by atoms with E-state index in [1.807, 2.05) is 37.3 Å². The highest BCUT2D eigenvalue weighted by Gasteiger charge is 2.42. The predicted octanol–water partition coefficient (Wildman–Crippen LogP) is 4.12. The third-order valence-electron chi connectivity index (χ3n) is 3.67. The van der Waals surface area contributed by atoms with E-state index in [1.165, 1.54) is 0 Å². The molecule has 1 saturated carbocycles. The van der Waals surface area contributed by atoms with Crippen LogP contribution < -0.4 is 4.74 Å². The first-order valence-corrected chi connectivity index (χ1v) is 7.98. The summed E-state index contributed by atoms with van der Waals surface area (Å²) in [7, 11) is 0. The van der Waals surface area contributed by atoms with Crippen LogP contribution in [0.1, 0.15) is 19.8 Å². The van der Waals surface area contributed by atoms with E-state index >= 15 is 0 Å². The number of ether oxygens (including phenoxy) is 2. The van der Waals surface area contributed by atoms with Gasteiger partial charge in [-0.3, -0.25) is 4.79 Å². The number of hydrogen-bond acceptors (Lipinski definition) is 3. The van der Waals surface area contributed by atoms with Crippen molar-refractivity contribution in [2.75, 3.05) is 6.61 Å². The fraction of sp³-hybridized carbons (Fsp3) is 0.353. The zero-order chi connectivity index (χ0) is 14.8. The van der Waals surface area contributed by atoms with Gasteiger partial charge in [0.25, 0.3) is 0 Å². The van der Waals surface area contributed by atoms with Crippen LogP contribution in [0.25, 0.3) is 10.8 Å². The Labute approximate surface area is 132 Å². The molecule has 2 aromatic carbocycles. The van der Waals surface area contributed by atoms with Crippen molar-refractivity contribution in [3.63, 3.8) is 0 Å². The Morgan fingerprint density at radius 3 is 2.81 bits per heavy atom. The normalized spacial score (nSPS) is 21.3. The van der Waals surface area contributed by atoms with E-state index in [9.17, 15) is 4.79 Å². The second-order valence-electron chi connectivity index (χ2n) is 5.22. The van der Waals surface area contributed by atoms with Gasteiger partial charge in [-0.2, -0.15) is 0 Å². The molecule has 0 aliphatic heterocycles.